The molecule has 16 heavy (non-hydrogen) atoms. The zero-order valence-electron chi connectivity index (χ0n) is 10.1. The molecule has 0 spiro atoms. The van der Waals surface area contributed by atoms with Crippen LogP contribution >= 0.6 is 15.9 Å². The number of hydrogen-bond donors (Lipinski definition) is 2. The summed E-state index contributed by atoms with van der Waals surface area (Å²) in [4.78, 5) is 2.34. The van der Waals surface area contributed by atoms with Crippen molar-refractivity contribution in [2.75, 3.05) is 24.6 Å². The summed E-state index contributed by atoms with van der Waals surface area (Å²) in [5.41, 5.74) is 14.3. The zero-order chi connectivity index (χ0) is 12.3. The van der Waals surface area contributed by atoms with Gasteiger partial charge < -0.3 is 11.5 Å². The van der Waals surface area contributed by atoms with Crippen molar-refractivity contribution in [3.05, 3.63) is 22.2 Å². The van der Waals surface area contributed by atoms with Crippen molar-refractivity contribution in [3.63, 3.8) is 0 Å². The minimum Gasteiger partial charge on any atom is -0.397 e. The highest BCUT2D eigenvalue weighted by molar-refractivity contribution is 9.10. The van der Waals surface area contributed by atoms with E-state index in [4.69, 9.17) is 11.5 Å². The monoisotopic (exact) mass is 285 g/mol. The van der Waals surface area contributed by atoms with Gasteiger partial charge in [-0.3, -0.25) is 4.90 Å². The molecule has 0 aliphatic rings. The molecule has 4 heteroatoms. The van der Waals surface area contributed by atoms with E-state index in [0.717, 1.165) is 23.1 Å². The van der Waals surface area contributed by atoms with Crippen molar-refractivity contribution in [1.82, 2.24) is 4.90 Å². The molecule has 3 nitrogen and oxygen atoms in total. The summed E-state index contributed by atoms with van der Waals surface area (Å²) in [6.45, 7) is 8.45. The van der Waals surface area contributed by atoms with E-state index in [-0.39, 0.29) is 6.04 Å². The van der Waals surface area contributed by atoms with Crippen molar-refractivity contribution in [1.29, 1.82) is 0 Å². The average Bonchev–Trinajstić information content (AvgIpc) is 2.26. The zero-order valence-corrected chi connectivity index (χ0v) is 11.7. The Morgan fingerprint density at radius 3 is 2.31 bits per heavy atom. The Morgan fingerprint density at radius 2 is 1.81 bits per heavy atom. The number of anilines is 2. The normalized spacial score (nSPS) is 13.1. The third-order valence-corrected chi connectivity index (χ3v) is 3.74. The Bertz CT molecular complexity index is 362. The van der Waals surface area contributed by atoms with Crippen LogP contribution in [0.4, 0.5) is 11.4 Å². The first-order valence-electron chi connectivity index (χ1n) is 5.60. The van der Waals surface area contributed by atoms with Gasteiger partial charge in [0.05, 0.1) is 11.4 Å². The van der Waals surface area contributed by atoms with Crippen LogP contribution in [0.15, 0.2) is 16.6 Å². The molecule has 0 saturated carbocycles. The van der Waals surface area contributed by atoms with Gasteiger partial charge in [-0.1, -0.05) is 29.8 Å². The number of nitrogens with two attached hydrogens (primary N) is 2. The minimum atomic E-state index is 0.271. The molecule has 1 atom stereocenters. The molecule has 0 saturated heterocycles. The van der Waals surface area contributed by atoms with Gasteiger partial charge in [-0.25, -0.2) is 0 Å². The predicted molar refractivity (Wildman–Crippen MR) is 74.3 cm³/mol. The number of nitrogen functional groups attached to an aromatic ring is 2. The van der Waals surface area contributed by atoms with Crippen molar-refractivity contribution < 1.29 is 0 Å². The molecular formula is C12H20BrN3. The molecule has 0 aromatic heterocycles. The molecule has 1 aromatic rings. The first kappa shape index (κ1) is 13.3. The highest BCUT2D eigenvalue weighted by atomic mass is 79.9. The largest absolute Gasteiger partial charge is 0.397 e. The van der Waals surface area contributed by atoms with Crippen LogP contribution in [0.25, 0.3) is 0 Å². The molecule has 0 aliphatic heterocycles. The second kappa shape index (κ2) is 5.55. The van der Waals surface area contributed by atoms with Gasteiger partial charge >= 0.3 is 0 Å². The lowest BCUT2D eigenvalue weighted by atomic mass is 10.0. The SMILES string of the molecule is CCN(CC)C(C)c1c(Br)ccc(N)c1N. The molecule has 0 bridgehead atoms. The van der Waals surface area contributed by atoms with Crippen LogP contribution in [0.3, 0.4) is 0 Å². The molecule has 0 amide bonds. The van der Waals surface area contributed by atoms with E-state index in [1.807, 2.05) is 12.1 Å². The van der Waals surface area contributed by atoms with E-state index in [2.05, 4.69) is 41.6 Å². The van der Waals surface area contributed by atoms with Crippen molar-refractivity contribution in [2.45, 2.75) is 26.8 Å². The van der Waals surface area contributed by atoms with Crippen LogP contribution in [-0.4, -0.2) is 18.0 Å². The molecule has 0 aliphatic carbocycles. The Balaban J connectivity index is 3.16. The standard InChI is InChI=1S/C12H20BrN3/c1-4-16(5-2)8(3)11-9(13)6-7-10(14)12(11)15/h6-8H,4-5,14-15H2,1-3H3. The fourth-order valence-corrected chi connectivity index (χ4v) is 2.68. The Labute approximate surface area is 106 Å². The van der Waals surface area contributed by atoms with Crippen LogP contribution in [-0.2, 0) is 0 Å². The molecule has 0 radical (unpaired) electrons. The van der Waals surface area contributed by atoms with E-state index in [1.165, 1.54) is 0 Å². The van der Waals surface area contributed by atoms with Gasteiger partial charge in [-0.15, -0.1) is 0 Å². The molecule has 1 aromatic carbocycles. The van der Waals surface area contributed by atoms with Crippen LogP contribution in [0.5, 0.6) is 0 Å². The molecule has 1 unspecified atom stereocenters. The van der Waals surface area contributed by atoms with Crippen LogP contribution in [0.1, 0.15) is 32.4 Å². The smallest absolute Gasteiger partial charge is 0.0607 e. The number of hydrogen-bond acceptors (Lipinski definition) is 3. The summed E-state index contributed by atoms with van der Waals surface area (Å²) < 4.78 is 1.03. The first-order valence-corrected chi connectivity index (χ1v) is 6.39. The summed E-state index contributed by atoms with van der Waals surface area (Å²) in [6, 6.07) is 4.06. The second-order valence-corrected chi connectivity index (χ2v) is 4.72. The molecule has 0 heterocycles. The van der Waals surface area contributed by atoms with Gasteiger partial charge in [-0.2, -0.15) is 0 Å². The number of benzene rings is 1. The quantitative estimate of drug-likeness (QED) is 0.836. The highest BCUT2D eigenvalue weighted by Crippen LogP contribution is 2.35. The molecule has 1 rings (SSSR count). The number of nitrogens with zero attached hydrogens (tertiary/aromatic N) is 1. The first-order chi connectivity index (χ1) is 7.52. The Kier molecular flexibility index (Phi) is 4.62. The minimum absolute atomic E-state index is 0.271. The maximum absolute atomic E-state index is 6.05. The topological polar surface area (TPSA) is 55.3 Å². The van der Waals surface area contributed by atoms with Gasteiger partial charge in [-0.05, 0) is 32.1 Å². The third-order valence-electron chi connectivity index (χ3n) is 3.05. The Hall–Kier alpha value is -0.740. The van der Waals surface area contributed by atoms with Crippen molar-refractivity contribution in [2.24, 2.45) is 0 Å². The lowest BCUT2D eigenvalue weighted by Gasteiger charge is -2.28. The van der Waals surface area contributed by atoms with Gasteiger partial charge in [0.1, 0.15) is 0 Å². The van der Waals surface area contributed by atoms with E-state index in [1.54, 1.807) is 0 Å². The van der Waals surface area contributed by atoms with Crippen LogP contribution < -0.4 is 11.5 Å². The Morgan fingerprint density at radius 1 is 1.25 bits per heavy atom. The van der Waals surface area contributed by atoms with E-state index in [9.17, 15) is 0 Å². The summed E-state index contributed by atoms with van der Waals surface area (Å²) >= 11 is 3.55. The molecule has 0 fully saturated rings. The molecule has 4 N–H and O–H groups in total. The number of halogens is 1. The fraction of sp³-hybridized carbons (Fsp3) is 0.500. The lowest BCUT2D eigenvalue weighted by molar-refractivity contribution is 0.234. The van der Waals surface area contributed by atoms with Gasteiger partial charge in [0, 0.05) is 16.1 Å². The summed E-state index contributed by atoms with van der Waals surface area (Å²) in [5.74, 6) is 0. The van der Waals surface area contributed by atoms with Crippen LogP contribution in [0, 0.1) is 0 Å². The van der Waals surface area contributed by atoms with Gasteiger partial charge in [0.2, 0.25) is 0 Å². The molecule has 90 valence electrons. The summed E-state index contributed by atoms with van der Waals surface area (Å²) in [7, 11) is 0. The predicted octanol–water partition coefficient (Wildman–Crippen LogP) is 3.02. The fourth-order valence-electron chi connectivity index (χ4n) is 2.01. The second-order valence-electron chi connectivity index (χ2n) is 3.86. The lowest BCUT2D eigenvalue weighted by Crippen LogP contribution is -2.27. The van der Waals surface area contributed by atoms with Crippen molar-refractivity contribution >= 4 is 27.3 Å². The molecular weight excluding hydrogens is 266 g/mol. The van der Waals surface area contributed by atoms with Crippen molar-refractivity contribution in [3.8, 4) is 0 Å². The third kappa shape index (κ3) is 2.50. The summed E-state index contributed by atoms with van der Waals surface area (Å²) in [6.07, 6.45) is 0. The maximum Gasteiger partial charge on any atom is 0.0607 e. The average molecular weight is 286 g/mol. The van der Waals surface area contributed by atoms with Crippen LogP contribution in [0.2, 0.25) is 0 Å². The number of rotatable bonds is 4. The highest BCUT2D eigenvalue weighted by Gasteiger charge is 2.19. The van der Waals surface area contributed by atoms with E-state index >= 15 is 0 Å². The van der Waals surface area contributed by atoms with E-state index in [0.29, 0.717) is 11.4 Å². The van der Waals surface area contributed by atoms with Gasteiger partial charge in [0.25, 0.3) is 0 Å². The summed E-state index contributed by atoms with van der Waals surface area (Å²) in [5, 5.41) is 0. The maximum atomic E-state index is 6.05. The van der Waals surface area contributed by atoms with Gasteiger partial charge in [0.15, 0.2) is 0 Å². The van der Waals surface area contributed by atoms with E-state index < -0.39 is 0 Å².